The summed E-state index contributed by atoms with van der Waals surface area (Å²) < 4.78 is 18.1. The third-order valence-corrected chi connectivity index (χ3v) is 4.73. The molecule has 7 nitrogen and oxygen atoms in total. The number of hydrogen-bond acceptors (Lipinski definition) is 5. The van der Waals surface area contributed by atoms with Crippen molar-refractivity contribution in [2.75, 3.05) is 36.4 Å². The number of furan rings is 1. The van der Waals surface area contributed by atoms with Crippen LogP contribution in [0.5, 0.6) is 0 Å². The lowest BCUT2D eigenvalue weighted by atomic mass is 10.2. The fourth-order valence-electron chi connectivity index (χ4n) is 3.15. The Kier molecular flexibility index (Phi) is 5.24. The molecular formula is C21H19FN4O3. The normalized spacial score (nSPS) is 14.0. The molecule has 0 radical (unpaired) electrons. The number of aromatic nitrogens is 1. The number of nitrogens with zero attached hydrogens (tertiary/aromatic N) is 3. The minimum absolute atomic E-state index is 0.110. The van der Waals surface area contributed by atoms with Gasteiger partial charge in [0.25, 0.3) is 11.8 Å². The van der Waals surface area contributed by atoms with Crippen LogP contribution in [0.4, 0.5) is 15.9 Å². The number of nitrogens with one attached hydrogen (secondary N) is 1. The average molecular weight is 394 g/mol. The molecule has 1 N–H and O–H groups in total. The molecule has 3 aromatic rings. The Morgan fingerprint density at radius 3 is 2.38 bits per heavy atom. The van der Waals surface area contributed by atoms with Crippen LogP contribution in [0.3, 0.4) is 0 Å². The van der Waals surface area contributed by atoms with Gasteiger partial charge < -0.3 is 19.5 Å². The fraction of sp³-hybridized carbons (Fsp3) is 0.190. The quantitative estimate of drug-likeness (QED) is 0.736. The molecule has 29 heavy (non-hydrogen) atoms. The van der Waals surface area contributed by atoms with Crippen molar-refractivity contribution in [1.82, 2.24) is 9.88 Å². The molecule has 1 aromatic carbocycles. The van der Waals surface area contributed by atoms with Crippen molar-refractivity contribution in [1.29, 1.82) is 0 Å². The molecule has 0 atom stereocenters. The summed E-state index contributed by atoms with van der Waals surface area (Å²) in [6, 6.07) is 12.3. The van der Waals surface area contributed by atoms with Gasteiger partial charge in [0.05, 0.1) is 18.1 Å². The van der Waals surface area contributed by atoms with Crippen LogP contribution in [-0.4, -0.2) is 47.9 Å². The molecule has 0 bridgehead atoms. The van der Waals surface area contributed by atoms with E-state index in [-0.39, 0.29) is 11.8 Å². The van der Waals surface area contributed by atoms with Crippen LogP contribution >= 0.6 is 0 Å². The van der Waals surface area contributed by atoms with E-state index in [2.05, 4.69) is 15.2 Å². The molecule has 1 fully saturated rings. The molecule has 0 aliphatic carbocycles. The zero-order valence-electron chi connectivity index (χ0n) is 15.5. The lowest BCUT2D eigenvalue weighted by Crippen LogP contribution is -2.49. The zero-order valence-corrected chi connectivity index (χ0v) is 15.5. The van der Waals surface area contributed by atoms with E-state index in [1.807, 2.05) is 6.07 Å². The molecule has 148 valence electrons. The van der Waals surface area contributed by atoms with Gasteiger partial charge in [-0.1, -0.05) is 0 Å². The Bertz CT molecular complexity index is 980. The predicted molar refractivity (Wildman–Crippen MR) is 105 cm³/mol. The molecule has 8 heteroatoms. The first-order valence-corrected chi connectivity index (χ1v) is 9.21. The molecule has 4 rings (SSSR count). The Hall–Kier alpha value is -3.68. The van der Waals surface area contributed by atoms with Crippen LogP contribution in [0.2, 0.25) is 0 Å². The van der Waals surface area contributed by atoms with E-state index in [0.29, 0.717) is 43.2 Å². The molecule has 1 aliphatic heterocycles. The number of pyridine rings is 1. The van der Waals surface area contributed by atoms with Gasteiger partial charge in [-0.2, -0.15) is 0 Å². The highest BCUT2D eigenvalue weighted by Gasteiger charge is 2.24. The van der Waals surface area contributed by atoms with Crippen molar-refractivity contribution >= 4 is 23.3 Å². The second kappa shape index (κ2) is 8.14. The number of carbonyl (C=O) groups excluding carboxylic acids is 2. The smallest absolute Gasteiger partial charge is 0.289 e. The van der Waals surface area contributed by atoms with Crippen LogP contribution in [0, 0.1) is 5.82 Å². The molecule has 0 saturated carbocycles. The van der Waals surface area contributed by atoms with Gasteiger partial charge in [-0.3, -0.25) is 9.59 Å². The largest absolute Gasteiger partial charge is 0.459 e. The van der Waals surface area contributed by atoms with Gasteiger partial charge in [0.15, 0.2) is 5.76 Å². The van der Waals surface area contributed by atoms with Crippen LogP contribution in [-0.2, 0) is 0 Å². The number of hydrogen-bond donors (Lipinski definition) is 1. The number of halogens is 1. The molecule has 3 heterocycles. The Morgan fingerprint density at radius 1 is 1.00 bits per heavy atom. The van der Waals surface area contributed by atoms with E-state index in [1.165, 1.54) is 30.5 Å². The number of amides is 2. The predicted octanol–water partition coefficient (Wildman–Crippen LogP) is 3.03. The number of rotatable bonds is 4. The zero-order chi connectivity index (χ0) is 20.2. The lowest BCUT2D eigenvalue weighted by molar-refractivity contribution is 0.0714. The van der Waals surface area contributed by atoms with Gasteiger partial charge in [0.1, 0.15) is 11.6 Å². The summed E-state index contributed by atoms with van der Waals surface area (Å²) in [5, 5.41) is 2.74. The molecular weight excluding hydrogens is 375 g/mol. The monoisotopic (exact) mass is 394 g/mol. The van der Waals surface area contributed by atoms with E-state index >= 15 is 0 Å². The third-order valence-electron chi connectivity index (χ3n) is 4.73. The minimum Gasteiger partial charge on any atom is -0.459 e. The molecule has 0 spiro atoms. The van der Waals surface area contributed by atoms with Crippen molar-refractivity contribution < 1.29 is 18.4 Å². The maximum Gasteiger partial charge on any atom is 0.289 e. The fourth-order valence-corrected chi connectivity index (χ4v) is 3.15. The Balaban J connectivity index is 1.33. The summed E-state index contributed by atoms with van der Waals surface area (Å²) in [5.74, 6) is 0.289. The summed E-state index contributed by atoms with van der Waals surface area (Å²) in [7, 11) is 0. The van der Waals surface area contributed by atoms with Crippen molar-refractivity contribution in [3.8, 4) is 0 Å². The first-order valence-electron chi connectivity index (χ1n) is 9.21. The van der Waals surface area contributed by atoms with Crippen molar-refractivity contribution in [2.45, 2.75) is 0 Å². The SMILES string of the molecule is O=C(Nc1ccc(N2CCN(C(=O)c3ccco3)CC2)nc1)c1ccc(F)cc1. The summed E-state index contributed by atoms with van der Waals surface area (Å²) in [4.78, 5) is 32.8. The topological polar surface area (TPSA) is 78.7 Å². The minimum atomic E-state index is -0.390. The van der Waals surface area contributed by atoms with Gasteiger partial charge in [-0.05, 0) is 48.5 Å². The Morgan fingerprint density at radius 2 is 1.76 bits per heavy atom. The van der Waals surface area contributed by atoms with Crippen LogP contribution < -0.4 is 10.2 Å². The van der Waals surface area contributed by atoms with Crippen molar-refractivity contribution in [3.05, 3.63) is 78.1 Å². The van der Waals surface area contributed by atoms with Crippen molar-refractivity contribution in [3.63, 3.8) is 0 Å². The van der Waals surface area contributed by atoms with E-state index in [9.17, 15) is 14.0 Å². The van der Waals surface area contributed by atoms with Gasteiger partial charge in [0.2, 0.25) is 0 Å². The van der Waals surface area contributed by atoms with Crippen LogP contribution in [0.1, 0.15) is 20.9 Å². The highest BCUT2D eigenvalue weighted by molar-refractivity contribution is 6.04. The number of carbonyl (C=O) groups is 2. The first-order chi connectivity index (χ1) is 14.1. The van der Waals surface area contributed by atoms with E-state index in [4.69, 9.17) is 4.42 Å². The van der Waals surface area contributed by atoms with Crippen molar-refractivity contribution in [2.24, 2.45) is 0 Å². The first kappa shape index (κ1) is 18.7. The standard InChI is InChI=1S/C21H19FN4O3/c22-16-5-3-15(4-6-16)20(27)24-17-7-8-19(23-14-17)25-9-11-26(12-10-25)21(28)18-2-1-13-29-18/h1-8,13-14H,9-12H2,(H,24,27). The molecule has 0 unspecified atom stereocenters. The number of piperazine rings is 1. The van der Waals surface area contributed by atoms with E-state index in [1.54, 1.807) is 29.3 Å². The summed E-state index contributed by atoms with van der Waals surface area (Å²) in [6.07, 6.45) is 3.07. The maximum absolute atomic E-state index is 13.0. The van der Waals surface area contributed by atoms with Crippen LogP contribution in [0.25, 0.3) is 0 Å². The van der Waals surface area contributed by atoms with Gasteiger partial charge in [-0.15, -0.1) is 0 Å². The Labute approximate surface area is 166 Å². The average Bonchev–Trinajstić information content (AvgIpc) is 3.29. The highest BCUT2D eigenvalue weighted by atomic mass is 19.1. The van der Waals surface area contributed by atoms with E-state index < -0.39 is 5.82 Å². The summed E-state index contributed by atoms with van der Waals surface area (Å²) in [6.45, 7) is 2.45. The maximum atomic E-state index is 13.0. The molecule has 2 amide bonds. The second-order valence-electron chi connectivity index (χ2n) is 6.62. The summed E-state index contributed by atoms with van der Waals surface area (Å²) in [5.41, 5.74) is 0.919. The second-order valence-corrected chi connectivity index (χ2v) is 6.62. The molecule has 1 aliphatic rings. The third kappa shape index (κ3) is 4.26. The van der Waals surface area contributed by atoms with Gasteiger partial charge in [0, 0.05) is 31.7 Å². The van der Waals surface area contributed by atoms with Crippen LogP contribution in [0.15, 0.2) is 65.4 Å². The number of benzene rings is 1. The molecule has 2 aromatic heterocycles. The van der Waals surface area contributed by atoms with E-state index in [0.717, 1.165) is 5.82 Å². The lowest BCUT2D eigenvalue weighted by Gasteiger charge is -2.35. The van der Waals surface area contributed by atoms with Gasteiger partial charge >= 0.3 is 0 Å². The number of anilines is 2. The highest BCUT2D eigenvalue weighted by Crippen LogP contribution is 2.18. The van der Waals surface area contributed by atoms with Gasteiger partial charge in [-0.25, -0.2) is 9.37 Å². The molecule has 1 saturated heterocycles. The summed E-state index contributed by atoms with van der Waals surface area (Å²) >= 11 is 0.